The summed E-state index contributed by atoms with van der Waals surface area (Å²) >= 11 is 0. The van der Waals surface area contributed by atoms with Crippen molar-refractivity contribution in [3.05, 3.63) is 71.9 Å². The molecule has 2 saturated heterocycles. The first-order valence-corrected chi connectivity index (χ1v) is 14.3. The Morgan fingerprint density at radius 1 is 1.05 bits per heavy atom. The van der Waals surface area contributed by atoms with Crippen molar-refractivity contribution in [2.75, 3.05) is 13.1 Å². The number of ketones is 1. The van der Waals surface area contributed by atoms with Crippen LogP contribution in [0.5, 0.6) is 0 Å². The molecule has 1 spiro atoms. The van der Waals surface area contributed by atoms with Crippen LogP contribution in [-0.4, -0.2) is 70.4 Å². The van der Waals surface area contributed by atoms with Crippen molar-refractivity contribution in [1.29, 1.82) is 0 Å². The Bertz CT molecular complexity index is 1580. The average molecular weight is 592 g/mol. The molecule has 2 aromatic carbocycles. The van der Waals surface area contributed by atoms with Gasteiger partial charge in [0.15, 0.2) is 0 Å². The first-order valence-electron chi connectivity index (χ1n) is 14.3. The van der Waals surface area contributed by atoms with Crippen LogP contribution in [0.15, 0.2) is 60.7 Å². The van der Waals surface area contributed by atoms with Gasteiger partial charge in [0.1, 0.15) is 11.7 Å². The SMILES string of the molecule is O=C(NCc1ccccc1)C(=O)C(CC1CCNC1=O)NC(=O)C1CC2(CN1C(=O)c1cc3ccccc3[nH]1)CC2(F)F. The van der Waals surface area contributed by atoms with Crippen LogP contribution < -0.4 is 16.0 Å². The van der Waals surface area contributed by atoms with Gasteiger partial charge in [0.2, 0.25) is 17.6 Å². The molecule has 224 valence electrons. The molecule has 3 aliphatic rings. The standard InChI is InChI=1S/C31H31F2N5O5/c32-31(33)16-30(31)14-24(38(17-30)29(43)23-12-19-8-4-5-9-21(19)36-23)27(41)37-22(13-20-10-11-34-26(20)40)25(39)28(42)35-15-18-6-2-1-3-7-18/h1-9,12,20,22,24,36H,10-11,13-17H2,(H,34,40)(H,35,42)(H,37,41). The Balaban J connectivity index is 1.22. The highest BCUT2D eigenvalue weighted by Gasteiger charge is 2.75. The summed E-state index contributed by atoms with van der Waals surface area (Å²) in [6.07, 6.45) is -0.470. The zero-order valence-electron chi connectivity index (χ0n) is 23.2. The topological polar surface area (TPSA) is 140 Å². The monoisotopic (exact) mass is 591 g/mol. The van der Waals surface area contributed by atoms with Gasteiger partial charge in [-0.1, -0.05) is 48.5 Å². The van der Waals surface area contributed by atoms with Gasteiger partial charge in [-0.25, -0.2) is 8.78 Å². The smallest absolute Gasteiger partial charge is 0.289 e. The summed E-state index contributed by atoms with van der Waals surface area (Å²) in [6, 6.07) is 15.0. The van der Waals surface area contributed by atoms with Crippen LogP contribution in [0.1, 0.15) is 41.7 Å². The Labute approximate surface area is 245 Å². The van der Waals surface area contributed by atoms with E-state index in [4.69, 9.17) is 0 Å². The first-order chi connectivity index (χ1) is 20.6. The number of aromatic amines is 1. The lowest BCUT2D eigenvalue weighted by molar-refractivity contribution is -0.141. The van der Waals surface area contributed by atoms with Crippen molar-refractivity contribution in [3.63, 3.8) is 0 Å². The van der Waals surface area contributed by atoms with Crippen LogP contribution in [0.2, 0.25) is 0 Å². The Morgan fingerprint density at radius 2 is 1.77 bits per heavy atom. The predicted octanol–water partition coefficient (Wildman–Crippen LogP) is 2.30. The number of aromatic nitrogens is 1. The minimum Gasteiger partial charge on any atom is -0.356 e. The van der Waals surface area contributed by atoms with Gasteiger partial charge in [-0.3, -0.25) is 24.0 Å². The molecule has 2 aliphatic heterocycles. The second-order valence-electron chi connectivity index (χ2n) is 11.7. The van der Waals surface area contributed by atoms with E-state index in [2.05, 4.69) is 20.9 Å². The lowest BCUT2D eigenvalue weighted by Gasteiger charge is -2.26. The molecule has 4 atom stereocenters. The van der Waals surface area contributed by atoms with Crippen molar-refractivity contribution >= 4 is 40.3 Å². The Kier molecular flexibility index (Phi) is 7.23. The highest BCUT2D eigenvalue weighted by Crippen LogP contribution is 2.66. The quantitative estimate of drug-likeness (QED) is 0.283. The normalized spacial score (nSPS) is 24.5. The molecule has 0 radical (unpaired) electrons. The van der Waals surface area contributed by atoms with Gasteiger partial charge in [-0.2, -0.15) is 0 Å². The van der Waals surface area contributed by atoms with Gasteiger partial charge in [0.25, 0.3) is 17.7 Å². The number of likely N-dealkylation sites (tertiary alicyclic amines) is 1. The maximum Gasteiger partial charge on any atom is 0.289 e. The molecule has 4 amide bonds. The summed E-state index contributed by atoms with van der Waals surface area (Å²) < 4.78 is 29.1. The largest absolute Gasteiger partial charge is 0.356 e. The number of para-hydroxylation sites is 1. The first kappa shape index (κ1) is 28.5. The van der Waals surface area contributed by atoms with Crippen molar-refractivity contribution in [2.24, 2.45) is 11.3 Å². The number of hydrogen-bond acceptors (Lipinski definition) is 5. The highest BCUT2D eigenvalue weighted by molar-refractivity contribution is 6.38. The molecule has 43 heavy (non-hydrogen) atoms. The average Bonchev–Trinajstić information content (AvgIpc) is 3.48. The maximum atomic E-state index is 14.5. The lowest BCUT2D eigenvalue weighted by Crippen LogP contribution is -2.54. The summed E-state index contributed by atoms with van der Waals surface area (Å²) in [6.45, 7) is 0.141. The number of amides is 4. The number of carbonyl (C=O) groups is 5. The van der Waals surface area contributed by atoms with Crippen LogP contribution in [-0.2, 0) is 25.7 Å². The van der Waals surface area contributed by atoms with Gasteiger partial charge in [-0.15, -0.1) is 0 Å². The molecule has 4 N–H and O–H groups in total. The summed E-state index contributed by atoms with van der Waals surface area (Å²) in [5.41, 5.74) is 0.0523. The summed E-state index contributed by atoms with van der Waals surface area (Å²) in [4.78, 5) is 70.0. The second kappa shape index (κ2) is 10.9. The third-order valence-corrected chi connectivity index (χ3v) is 8.80. The number of benzene rings is 2. The van der Waals surface area contributed by atoms with Crippen LogP contribution in [0.25, 0.3) is 10.9 Å². The Morgan fingerprint density at radius 3 is 2.44 bits per heavy atom. The molecule has 10 nitrogen and oxygen atoms in total. The van der Waals surface area contributed by atoms with E-state index < -0.39 is 59.3 Å². The van der Waals surface area contributed by atoms with Gasteiger partial charge in [-0.05, 0) is 37.0 Å². The number of alkyl halides is 2. The molecule has 1 aliphatic carbocycles. The maximum absolute atomic E-state index is 14.5. The van der Waals surface area contributed by atoms with Crippen molar-refractivity contribution in [2.45, 2.75) is 50.2 Å². The second-order valence-corrected chi connectivity index (χ2v) is 11.7. The van der Waals surface area contributed by atoms with E-state index in [1.807, 2.05) is 6.07 Å². The van der Waals surface area contributed by atoms with Crippen LogP contribution >= 0.6 is 0 Å². The molecule has 3 aromatic rings. The zero-order chi connectivity index (χ0) is 30.4. The van der Waals surface area contributed by atoms with Crippen LogP contribution in [0, 0.1) is 11.3 Å². The lowest BCUT2D eigenvalue weighted by atomic mass is 9.94. The number of hydrogen-bond donors (Lipinski definition) is 4. The number of halogens is 2. The van der Waals surface area contributed by atoms with Crippen LogP contribution in [0.3, 0.4) is 0 Å². The van der Waals surface area contributed by atoms with Crippen LogP contribution in [0.4, 0.5) is 8.78 Å². The van der Waals surface area contributed by atoms with Crippen molar-refractivity contribution in [3.8, 4) is 0 Å². The fourth-order valence-corrected chi connectivity index (χ4v) is 6.22. The number of nitrogens with one attached hydrogen (secondary N) is 4. The number of rotatable bonds is 9. The third kappa shape index (κ3) is 5.49. The number of nitrogens with zero attached hydrogens (tertiary/aromatic N) is 1. The molecule has 3 heterocycles. The van der Waals surface area contributed by atoms with Gasteiger partial charge < -0.3 is 25.8 Å². The minimum atomic E-state index is -3.03. The summed E-state index contributed by atoms with van der Waals surface area (Å²) in [5.74, 6) is -7.30. The molecular weight excluding hydrogens is 560 g/mol. The predicted molar refractivity (Wildman–Crippen MR) is 151 cm³/mol. The molecule has 4 unspecified atom stereocenters. The van der Waals surface area contributed by atoms with Crippen molar-refractivity contribution < 1.29 is 32.8 Å². The summed E-state index contributed by atoms with van der Waals surface area (Å²) in [7, 11) is 0. The van der Waals surface area contributed by atoms with E-state index in [1.54, 1.807) is 54.6 Å². The zero-order valence-corrected chi connectivity index (χ0v) is 23.2. The van der Waals surface area contributed by atoms with Gasteiger partial charge in [0.05, 0.1) is 11.5 Å². The van der Waals surface area contributed by atoms with E-state index in [0.29, 0.717) is 18.5 Å². The van der Waals surface area contributed by atoms with E-state index in [1.165, 1.54) is 0 Å². The fourth-order valence-electron chi connectivity index (χ4n) is 6.22. The molecule has 1 saturated carbocycles. The molecular formula is C31H31F2N5O5. The molecule has 3 fully saturated rings. The number of carbonyl (C=O) groups excluding carboxylic acids is 5. The van der Waals surface area contributed by atoms with E-state index in [-0.39, 0.29) is 37.5 Å². The Hall–Kier alpha value is -4.61. The number of Topliss-reactive ketones (excluding diaryl/α,β-unsaturated/α-hetero) is 1. The summed E-state index contributed by atoms with van der Waals surface area (Å²) in [5, 5.41) is 8.53. The van der Waals surface area contributed by atoms with E-state index >= 15 is 0 Å². The van der Waals surface area contributed by atoms with Gasteiger partial charge in [0, 0.05) is 42.9 Å². The number of H-pyrrole nitrogens is 1. The molecule has 6 rings (SSSR count). The molecule has 12 heteroatoms. The minimum absolute atomic E-state index is 0.0724. The van der Waals surface area contributed by atoms with Gasteiger partial charge >= 0.3 is 0 Å². The molecule has 1 aromatic heterocycles. The third-order valence-electron chi connectivity index (χ3n) is 8.80. The highest BCUT2D eigenvalue weighted by atomic mass is 19.3. The number of fused-ring (bicyclic) bond motifs is 1. The molecule has 0 bridgehead atoms. The van der Waals surface area contributed by atoms with E-state index in [0.717, 1.165) is 15.8 Å². The van der Waals surface area contributed by atoms with E-state index in [9.17, 15) is 32.8 Å². The van der Waals surface area contributed by atoms with Crippen molar-refractivity contribution in [1.82, 2.24) is 25.8 Å². The fraction of sp³-hybridized carbons (Fsp3) is 0.387.